The molecular weight excluding hydrogens is 293 g/mol. The second-order valence-corrected chi connectivity index (χ2v) is 4.27. The van der Waals surface area contributed by atoms with Gasteiger partial charge >= 0.3 is 0 Å². The number of hydrogen-bond donors (Lipinski definition) is 0. The summed E-state index contributed by atoms with van der Waals surface area (Å²) in [5.41, 5.74) is 0. The van der Waals surface area contributed by atoms with Crippen LogP contribution in [-0.4, -0.2) is 36.8 Å². The molecule has 1 aromatic heterocycles. The van der Waals surface area contributed by atoms with Gasteiger partial charge in [0.25, 0.3) is 0 Å². The minimum absolute atomic E-state index is 0.309. The van der Waals surface area contributed by atoms with Crippen molar-refractivity contribution in [3.63, 3.8) is 0 Å². The van der Waals surface area contributed by atoms with E-state index in [-0.39, 0.29) is 0 Å². The second kappa shape index (κ2) is 5.45. The summed E-state index contributed by atoms with van der Waals surface area (Å²) in [6.45, 7) is 2.79. The number of rotatable bonds is 4. The molecule has 0 aromatic carbocycles. The summed E-state index contributed by atoms with van der Waals surface area (Å²) < 4.78 is 6.15. The van der Waals surface area contributed by atoms with Crippen molar-refractivity contribution < 1.29 is 4.74 Å². The first-order valence-corrected chi connectivity index (χ1v) is 5.42. The Morgan fingerprint density at radius 1 is 1.64 bits per heavy atom. The van der Waals surface area contributed by atoms with Gasteiger partial charge < -0.3 is 9.64 Å². The van der Waals surface area contributed by atoms with Crippen LogP contribution in [0.15, 0.2) is 12.5 Å². The molecule has 0 aliphatic carbocycles. The number of anilines is 1. The van der Waals surface area contributed by atoms with E-state index in [0.717, 1.165) is 9.39 Å². The molecule has 5 heteroatoms. The summed E-state index contributed by atoms with van der Waals surface area (Å²) in [7, 11) is 3.71. The van der Waals surface area contributed by atoms with Gasteiger partial charge in [-0.3, -0.25) is 0 Å². The number of hydrogen-bond acceptors (Lipinski definition) is 4. The molecule has 1 aromatic rings. The number of halogens is 1. The van der Waals surface area contributed by atoms with Crippen LogP contribution in [0.3, 0.4) is 0 Å². The Balaban J connectivity index is 2.78. The van der Waals surface area contributed by atoms with Gasteiger partial charge in [-0.2, -0.15) is 0 Å². The maximum atomic E-state index is 5.10. The Morgan fingerprint density at radius 3 is 2.93 bits per heavy atom. The first-order chi connectivity index (χ1) is 6.66. The molecule has 0 aliphatic heterocycles. The predicted octanol–water partition coefficient (Wildman–Crippen LogP) is 1.55. The summed E-state index contributed by atoms with van der Waals surface area (Å²) in [5.74, 6) is 0.949. The van der Waals surface area contributed by atoms with Crippen molar-refractivity contribution in [1.82, 2.24) is 9.97 Å². The Kier molecular flexibility index (Phi) is 4.53. The fourth-order valence-electron chi connectivity index (χ4n) is 1.13. The maximum absolute atomic E-state index is 5.10. The lowest BCUT2D eigenvalue weighted by Gasteiger charge is -2.25. The van der Waals surface area contributed by atoms with E-state index in [4.69, 9.17) is 4.74 Å². The number of methoxy groups -OCH3 is 1. The summed E-state index contributed by atoms with van der Waals surface area (Å²) in [5, 5.41) is 0. The third-order valence-corrected chi connectivity index (χ3v) is 2.81. The molecule has 0 N–H and O–H groups in total. The van der Waals surface area contributed by atoms with Gasteiger partial charge in [0.2, 0.25) is 0 Å². The smallest absolute Gasteiger partial charge is 0.145 e. The van der Waals surface area contributed by atoms with Crippen LogP contribution < -0.4 is 4.90 Å². The van der Waals surface area contributed by atoms with Crippen LogP contribution in [0.4, 0.5) is 5.82 Å². The lowest BCUT2D eigenvalue weighted by molar-refractivity contribution is 0.183. The fourth-order valence-corrected chi connectivity index (χ4v) is 1.81. The van der Waals surface area contributed by atoms with Crippen LogP contribution in [0, 0.1) is 3.57 Å². The number of aromatic nitrogens is 2. The molecule has 0 amide bonds. The molecule has 14 heavy (non-hydrogen) atoms. The lowest BCUT2D eigenvalue weighted by Crippen LogP contribution is -2.33. The van der Waals surface area contributed by atoms with Crippen molar-refractivity contribution in [3.8, 4) is 0 Å². The molecule has 0 bridgehead atoms. The van der Waals surface area contributed by atoms with Crippen molar-refractivity contribution in [2.75, 3.05) is 25.7 Å². The van der Waals surface area contributed by atoms with E-state index < -0.39 is 0 Å². The minimum Gasteiger partial charge on any atom is -0.383 e. The van der Waals surface area contributed by atoms with E-state index in [1.165, 1.54) is 0 Å². The minimum atomic E-state index is 0.309. The molecule has 0 aliphatic rings. The molecule has 1 rings (SSSR count). The largest absolute Gasteiger partial charge is 0.383 e. The van der Waals surface area contributed by atoms with E-state index in [2.05, 4.69) is 44.4 Å². The first-order valence-electron chi connectivity index (χ1n) is 4.34. The van der Waals surface area contributed by atoms with Crippen molar-refractivity contribution in [3.05, 3.63) is 16.1 Å². The van der Waals surface area contributed by atoms with E-state index >= 15 is 0 Å². The summed E-state index contributed by atoms with van der Waals surface area (Å²) in [4.78, 5) is 10.3. The molecule has 78 valence electrons. The second-order valence-electron chi connectivity index (χ2n) is 3.11. The zero-order valence-corrected chi connectivity index (χ0v) is 10.7. The van der Waals surface area contributed by atoms with Gasteiger partial charge in [0, 0.05) is 20.4 Å². The SMILES string of the molecule is COCC(C)N(C)c1ncncc1I. The normalized spacial score (nSPS) is 12.6. The predicted molar refractivity (Wildman–Crippen MR) is 64.5 cm³/mol. The highest BCUT2D eigenvalue weighted by Gasteiger charge is 2.13. The molecule has 0 saturated heterocycles. The van der Waals surface area contributed by atoms with Crippen molar-refractivity contribution >= 4 is 28.4 Å². The molecule has 0 fully saturated rings. The Hall–Kier alpha value is -0.430. The molecule has 0 saturated carbocycles. The third kappa shape index (κ3) is 2.78. The van der Waals surface area contributed by atoms with E-state index in [9.17, 15) is 0 Å². The van der Waals surface area contributed by atoms with Gasteiger partial charge in [-0.25, -0.2) is 9.97 Å². The number of likely N-dealkylation sites (N-methyl/N-ethyl adjacent to an activating group) is 1. The summed E-state index contributed by atoms with van der Waals surface area (Å²) in [6, 6.07) is 0.309. The van der Waals surface area contributed by atoms with Gasteiger partial charge in [-0.05, 0) is 29.5 Å². The molecule has 1 unspecified atom stereocenters. The van der Waals surface area contributed by atoms with Crippen LogP contribution in [0.2, 0.25) is 0 Å². The summed E-state index contributed by atoms with van der Waals surface area (Å²) >= 11 is 2.23. The van der Waals surface area contributed by atoms with Crippen molar-refractivity contribution in [1.29, 1.82) is 0 Å². The fraction of sp³-hybridized carbons (Fsp3) is 0.556. The van der Waals surface area contributed by atoms with Crippen molar-refractivity contribution in [2.24, 2.45) is 0 Å². The number of nitrogens with zero attached hydrogens (tertiary/aromatic N) is 3. The average molecular weight is 307 g/mol. The molecule has 0 radical (unpaired) electrons. The first kappa shape index (κ1) is 11.6. The van der Waals surface area contributed by atoms with Gasteiger partial charge in [0.15, 0.2) is 0 Å². The molecular formula is C9H14IN3O. The molecule has 1 atom stereocenters. The van der Waals surface area contributed by atoms with Crippen LogP contribution in [0.5, 0.6) is 0 Å². The highest BCUT2D eigenvalue weighted by molar-refractivity contribution is 14.1. The van der Waals surface area contributed by atoms with Gasteiger partial charge in [0.05, 0.1) is 16.2 Å². The molecule has 4 nitrogen and oxygen atoms in total. The summed E-state index contributed by atoms with van der Waals surface area (Å²) in [6.07, 6.45) is 3.37. The molecule has 1 heterocycles. The van der Waals surface area contributed by atoms with Crippen molar-refractivity contribution in [2.45, 2.75) is 13.0 Å². The van der Waals surface area contributed by atoms with E-state index in [1.54, 1.807) is 19.6 Å². The average Bonchev–Trinajstić information content (AvgIpc) is 2.18. The monoisotopic (exact) mass is 307 g/mol. The number of ether oxygens (including phenoxy) is 1. The topological polar surface area (TPSA) is 38.2 Å². The van der Waals surface area contributed by atoms with Gasteiger partial charge in [-0.1, -0.05) is 0 Å². The Morgan fingerprint density at radius 2 is 2.36 bits per heavy atom. The van der Waals surface area contributed by atoms with Crippen LogP contribution in [0.25, 0.3) is 0 Å². The highest BCUT2D eigenvalue weighted by Crippen LogP contribution is 2.18. The van der Waals surface area contributed by atoms with Gasteiger partial charge in [-0.15, -0.1) is 0 Å². The quantitative estimate of drug-likeness (QED) is 0.791. The van der Waals surface area contributed by atoms with Crippen LogP contribution in [0.1, 0.15) is 6.92 Å². The van der Waals surface area contributed by atoms with Gasteiger partial charge in [0.1, 0.15) is 12.1 Å². The van der Waals surface area contributed by atoms with Crippen LogP contribution >= 0.6 is 22.6 Å². The van der Waals surface area contributed by atoms with E-state index in [0.29, 0.717) is 12.6 Å². The highest BCUT2D eigenvalue weighted by atomic mass is 127. The van der Waals surface area contributed by atoms with Crippen LogP contribution in [-0.2, 0) is 4.74 Å². The zero-order valence-electron chi connectivity index (χ0n) is 8.57. The van der Waals surface area contributed by atoms with E-state index in [1.807, 2.05) is 7.05 Å². The standard InChI is InChI=1S/C9H14IN3O/c1-7(5-14-3)13(2)9-8(10)4-11-6-12-9/h4,6-7H,5H2,1-3H3. The Bertz CT molecular complexity index is 295. The maximum Gasteiger partial charge on any atom is 0.145 e. The lowest BCUT2D eigenvalue weighted by atomic mass is 10.3. The molecule has 0 spiro atoms. The third-order valence-electron chi connectivity index (χ3n) is 2.05. The zero-order chi connectivity index (χ0) is 10.6. The Labute approximate surface area is 97.8 Å².